The number of aryl methyl sites for hydroxylation is 3. The van der Waals surface area contributed by atoms with E-state index in [1.807, 2.05) is 32.9 Å². The Morgan fingerprint density at radius 2 is 1.55 bits per heavy atom. The van der Waals surface area contributed by atoms with Gasteiger partial charge in [0.15, 0.2) is 0 Å². The minimum Gasteiger partial charge on any atom is -0.347 e. The van der Waals surface area contributed by atoms with Gasteiger partial charge in [-0.3, -0.25) is 19.2 Å². The summed E-state index contributed by atoms with van der Waals surface area (Å²) in [6.45, 7) is 8.38. The van der Waals surface area contributed by atoms with Gasteiger partial charge < -0.3 is 10.2 Å². The van der Waals surface area contributed by atoms with Crippen LogP contribution in [0.1, 0.15) is 60.8 Å². The molecular formula is C23H30N2O4. The lowest BCUT2D eigenvalue weighted by atomic mass is 9.62. The number of nitrogens with zero attached hydrogens (tertiary/aromatic N) is 1. The highest BCUT2D eigenvalue weighted by molar-refractivity contribution is 6.10. The molecule has 2 amide bonds. The summed E-state index contributed by atoms with van der Waals surface area (Å²) in [5.41, 5.74) is 3.68. The average molecular weight is 399 g/mol. The Labute approximate surface area is 172 Å². The molecule has 0 unspecified atom stereocenters. The minimum atomic E-state index is -0.652. The maximum absolute atomic E-state index is 13.1. The number of Topliss-reactive ketones (excluding diaryl/α,β-unsaturated/α-hetero) is 2. The summed E-state index contributed by atoms with van der Waals surface area (Å²) in [7, 11) is 0. The molecule has 2 aliphatic rings. The van der Waals surface area contributed by atoms with E-state index in [2.05, 4.69) is 5.32 Å². The molecule has 2 fully saturated rings. The van der Waals surface area contributed by atoms with Crippen molar-refractivity contribution in [1.82, 2.24) is 10.2 Å². The van der Waals surface area contributed by atoms with Gasteiger partial charge in [-0.05, 0) is 55.7 Å². The van der Waals surface area contributed by atoms with Crippen LogP contribution in [0.3, 0.4) is 0 Å². The molecule has 6 heteroatoms. The molecule has 1 aromatic rings. The molecule has 0 radical (unpaired) electrons. The number of piperidine rings is 1. The normalized spacial score (nSPS) is 19.5. The van der Waals surface area contributed by atoms with Gasteiger partial charge >= 0.3 is 0 Å². The SMILES string of the molecule is CC(=O)NCC(=O)N1CCC2(CC1)CC(=O)C(c1c(C)cc(C)cc1C)C(=O)C2. The molecule has 1 N–H and O–H groups in total. The summed E-state index contributed by atoms with van der Waals surface area (Å²) in [5.74, 6) is -0.986. The first-order chi connectivity index (χ1) is 13.6. The molecule has 1 aliphatic heterocycles. The van der Waals surface area contributed by atoms with Crippen LogP contribution in [0.5, 0.6) is 0 Å². The molecule has 1 spiro atoms. The zero-order valence-corrected chi connectivity index (χ0v) is 17.8. The van der Waals surface area contributed by atoms with E-state index in [1.165, 1.54) is 6.92 Å². The predicted octanol–water partition coefficient (Wildman–Crippen LogP) is 2.37. The molecule has 156 valence electrons. The topological polar surface area (TPSA) is 83.6 Å². The van der Waals surface area contributed by atoms with Crippen LogP contribution < -0.4 is 5.32 Å². The molecule has 1 heterocycles. The molecule has 3 rings (SSSR count). The van der Waals surface area contributed by atoms with Gasteiger partial charge in [0.25, 0.3) is 0 Å². The third kappa shape index (κ3) is 4.41. The number of carbonyl (C=O) groups excluding carboxylic acids is 4. The van der Waals surface area contributed by atoms with E-state index in [-0.39, 0.29) is 35.3 Å². The second kappa shape index (κ2) is 8.09. The van der Waals surface area contributed by atoms with Crippen molar-refractivity contribution in [2.45, 2.75) is 59.3 Å². The van der Waals surface area contributed by atoms with Crippen molar-refractivity contribution in [3.8, 4) is 0 Å². The van der Waals surface area contributed by atoms with E-state index in [1.54, 1.807) is 4.90 Å². The number of hydrogen-bond acceptors (Lipinski definition) is 4. The standard InChI is InChI=1S/C23H30N2O4/c1-14-9-15(2)21(16(3)10-14)22-18(27)11-23(12-19(22)28)5-7-25(8-6-23)20(29)13-24-17(4)26/h9-10,22H,5-8,11-13H2,1-4H3,(H,24,26). The number of hydrogen-bond donors (Lipinski definition) is 1. The number of rotatable bonds is 3. The van der Waals surface area contributed by atoms with Gasteiger partial charge in [-0.2, -0.15) is 0 Å². The summed E-state index contributed by atoms with van der Waals surface area (Å²) in [5, 5.41) is 2.53. The molecule has 1 saturated heterocycles. The monoisotopic (exact) mass is 398 g/mol. The van der Waals surface area contributed by atoms with Crippen LogP contribution in [0.25, 0.3) is 0 Å². The van der Waals surface area contributed by atoms with E-state index in [0.717, 1.165) is 22.3 Å². The summed E-state index contributed by atoms with van der Waals surface area (Å²) in [6.07, 6.45) is 2.08. The van der Waals surface area contributed by atoms with Crippen LogP contribution in [0.4, 0.5) is 0 Å². The quantitative estimate of drug-likeness (QED) is 0.793. The molecule has 1 aliphatic carbocycles. The van der Waals surface area contributed by atoms with Crippen LogP contribution in [-0.2, 0) is 19.2 Å². The number of amides is 2. The molecule has 1 saturated carbocycles. The fourth-order valence-corrected chi connectivity index (χ4v) is 5.05. The Balaban J connectivity index is 1.70. The molecular weight excluding hydrogens is 368 g/mol. The summed E-state index contributed by atoms with van der Waals surface area (Å²) in [4.78, 5) is 51.2. The first-order valence-corrected chi connectivity index (χ1v) is 10.3. The van der Waals surface area contributed by atoms with Gasteiger partial charge in [-0.1, -0.05) is 17.7 Å². The van der Waals surface area contributed by atoms with Crippen molar-refractivity contribution in [3.63, 3.8) is 0 Å². The number of likely N-dealkylation sites (tertiary alicyclic amines) is 1. The molecule has 1 aromatic carbocycles. The third-order valence-electron chi connectivity index (χ3n) is 6.43. The van der Waals surface area contributed by atoms with Gasteiger partial charge in [-0.15, -0.1) is 0 Å². The van der Waals surface area contributed by atoms with Crippen LogP contribution >= 0.6 is 0 Å². The fraction of sp³-hybridized carbons (Fsp3) is 0.565. The first-order valence-electron chi connectivity index (χ1n) is 10.3. The van der Waals surface area contributed by atoms with E-state index >= 15 is 0 Å². The summed E-state index contributed by atoms with van der Waals surface area (Å²) in [6, 6.07) is 4.07. The van der Waals surface area contributed by atoms with E-state index < -0.39 is 5.92 Å². The first kappa shape index (κ1) is 21.2. The largest absolute Gasteiger partial charge is 0.347 e. The predicted molar refractivity (Wildman–Crippen MR) is 110 cm³/mol. The summed E-state index contributed by atoms with van der Waals surface area (Å²) < 4.78 is 0. The molecule has 0 aromatic heterocycles. The van der Waals surface area contributed by atoms with Crippen LogP contribution in [0.2, 0.25) is 0 Å². The number of carbonyl (C=O) groups is 4. The second-order valence-corrected chi connectivity index (χ2v) is 8.82. The van der Waals surface area contributed by atoms with Gasteiger partial charge in [0.1, 0.15) is 17.5 Å². The Morgan fingerprint density at radius 1 is 1.03 bits per heavy atom. The van der Waals surface area contributed by atoms with Crippen molar-refractivity contribution in [1.29, 1.82) is 0 Å². The number of benzene rings is 1. The van der Waals surface area contributed by atoms with Gasteiger partial charge in [0, 0.05) is 32.9 Å². The van der Waals surface area contributed by atoms with E-state index in [9.17, 15) is 19.2 Å². The van der Waals surface area contributed by atoms with Gasteiger partial charge in [0.05, 0.1) is 6.54 Å². The Bertz CT molecular complexity index is 823. The maximum Gasteiger partial charge on any atom is 0.241 e. The average Bonchev–Trinajstić information content (AvgIpc) is 2.61. The third-order valence-corrected chi connectivity index (χ3v) is 6.43. The van der Waals surface area contributed by atoms with Gasteiger partial charge in [0.2, 0.25) is 11.8 Å². The molecule has 0 atom stereocenters. The summed E-state index contributed by atoms with van der Waals surface area (Å²) >= 11 is 0. The molecule has 29 heavy (non-hydrogen) atoms. The highest BCUT2D eigenvalue weighted by Crippen LogP contribution is 2.46. The second-order valence-electron chi connectivity index (χ2n) is 8.82. The number of nitrogens with one attached hydrogen (secondary N) is 1. The Hall–Kier alpha value is -2.50. The van der Waals surface area contributed by atoms with Crippen molar-refractivity contribution in [3.05, 3.63) is 34.4 Å². The molecule has 6 nitrogen and oxygen atoms in total. The highest BCUT2D eigenvalue weighted by Gasteiger charge is 2.47. The zero-order chi connectivity index (χ0) is 21.3. The smallest absolute Gasteiger partial charge is 0.241 e. The van der Waals surface area contributed by atoms with Gasteiger partial charge in [-0.25, -0.2) is 0 Å². The Kier molecular flexibility index (Phi) is 5.92. The fourth-order valence-electron chi connectivity index (χ4n) is 5.05. The lowest BCUT2D eigenvalue weighted by molar-refractivity contribution is -0.140. The van der Waals surface area contributed by atoms with Crippen LogP contribution in [-0.4, -0.2) is 47.9 Å². The van der Waals surface area contributed by atoms with Crippen molar-refractivity contribution < 1.29 is 19.2 Å². The van der Waals surface area contributed by atoms with E-state index in [4.69, 9.17) is 0 Å². The van der Waals surface area contributed by atoms with Crippen LogP contribution in [0, 0.1) is 26.2 Å². The van der Waals surface area contributed by atoms with Crippen molar-refractivity contribution >= 4 is 23.4 Å². The van der Waals surface area contributed by atoms with Crippen molar-refractivity contribution in [2.24, 2.45) is 5.41 Å². The maximum atomic E-state index is 13.1. The minimum absolute atomic E-state index is 0.00571. The van der Waals surface area contributed by atoms with Crippen molar-refractivity contribution in [2.75, 3.05) is 19.6 Å². The van der Waals surface area contributed by atoms with E-state index in [0.29, 0.717) is 38.8 Å². The Morgan fingerprint density at radius 3 is 2.03 bits per heavy atom. The highest BCUT2D eigenvalue weighted by atomic mass is 16.2. The zero-order valence-electron chi connectivity index (χ0n) is 17.8. The molecule has 0 bridgehead atoms. The number of ketones is 2. The lowest BCUT2D eigenvalue weighted by Crippen LogP contribution is -2.50. The lowest BCUT2D eigenvalue weighted by Gasteiger charge is -2.44. The van der Waals surface area contributed by atoms with Crippen LogP contribution in [0.15, 0.2) is 12.1 Å².